The third-order valence-electron chi connectivity index (χ3n) is 4.08. The molecule has 0 atom stereocenters. The summed E-state index contributed by atoms with van der Waals surface area (Å²) in [6, 6.07) is 0. The average Bonchev–Trinajstić information content (AvgIpc) is 2.48. The number of carbonyl (C=O) groups is 4. The highest BCUT2D eigenvalue weighted by Gasteiger charge is 2.53. The minimum Gasteiger partial charge on any atom is -0.481 e. The van der Waals surface area contributed by atoms with Gasteiger partial charge in [-0.2, -0.15) is 0 Å². The fourth-order valence-electron chi connectivity index (χ4n) is 2.59. The average molecular weight is 344 g/mol. The fourth-order valence-corrected chi connectivity index (χ4v) is 2.94. The molecule has 0 saturated carbocycles. The smallest absolute Gasteiger partial charge is 0.305 e. The van der Waals surface area contributed by atoms with Gasteiger partial charge in [0.25, 0.3) is 0 Å². The standard InChI is InChI=1S/C14H20N2O6S/c1-3-14(4-2)11(21)15(7-5-9(17)18)13(23)16(12(14)22)8-6-10(19)20/h3-8H2,1-2H3,(H,17,18)(H,19,20). The quantitative estimate of drug-likeness (QED) is 0.492. The molecule has 1 aliphatic rings. The molecular weight excluding hydrogens is 324 g/mol. The van der Waals surface area contributed by atoms with Crippen LogP contribution in [0, 0.1) is 5.41 Å². The summed E-state index contributed by atoms with van der Waals surface area (Å²) in [6.45, 7) is 3.09. The number of thiocarbonyl (C=S) groups is 1. The van der Waals surface area contributed by atoms with Gasteiger partial charge >= 0.3 is 11.9 Å². The Balaban J connectivity index is 3.18. The van der Waals surface area contributed by atoms with Crippen LogP contribution in [0.15, 0.2) is 0 Å². The molecule has 1 saturated heterocycles. The van der Waals surface area contributed by atoms with Gasteiger partial charge in [0.15, 0.2) is 5.11 Å². The zero-order chi connectivity index (χ0) is 17.8. The van der Waals surface area contributed by atoms with E-state index in [4.69, 9.17) is 22.4 Å². The molecule has 9 heteroatoms. The molecule has 1 fully saturated rings. The monoisotopic (exact) mass is 344 g/mol. The third-order valence-corrected chi connectivity index (χ3v) is 4.52. The van der Waals surface area contributed by atoms with Crippen LogP contribution < -0.4 is 0 Å². The van der Waals surface area contributed by atoms with E-state index in [1.165, 1.54) is 0 Å². The summed E-state index contributed by atoms with van der Waals surface area (Å²) < 4.78 is 0. The van der Waals surface area contributed by atoms with E-state index in [-0.39, 0.29) is 43.9 Å². The van der Waals surface area contributed by atoms with E-state index >= 15 is 0 Å². The molecule has 0 bridgehead atoms. The van der Waals surface area contributed by atoms with Crippen molar-refractivity contribution in [1.82, 2.24) is 9.80 Å². The van der Waals surface area contributed by atoms with E-state index in [9.17, 15) is 19.2 Å². The first-order valence-corrected chi connectivity index (χ1v) is 7.73. The van der Waals surface area contributed by atoms with Gasteiger partial charge in [-0.25, -0.2) is 0 Å². The number of rotatable bonds is 8. The lowest BCUT2D eigenvalue weighted by molar-refractivity contribution is -0.157. The molecule has 23 heavy (non-hydrogen) atoms. The highest BCUT2D eigenvalue weighted by Crippen LogP contribution is 2.36. The van der Waals surface area contributed by atoms with Crippen LogP contribution in [-0.4, -0.2) is 62.0 Å². The van der Waals surface area contributed by atoms with E-state index in [1.807, 2.05) is 0 Å². The second kappa shape index (κ2) is 7.49. The van der Waals surface area contributed by atoms with Crippen LogP contribution in [0.4, 0.5) is 0 Å². The molecule has 1 aliphatic heterocycles. The Morgan fingerprint density at radius 2 is 1.30 bits per heavy atom. The van der Waals surface area contributed by atoms with Gasteiger partial charge in [-0.1, -0.05) is 13.8 Å². The van der Waals surface area contributed by atoms with Gasteiger partial charge in [0.05, 0.1) is 12.8 Å². The number of aliphatic carboxylic acids is 2. The van der Waals surface area contributed by atoms with E-state index < -0.39 is 29.2 Å². The summed E-state index contributed by atoms with van der Waals surface area (Å²) >= 11 is 5.13. The Labute approximate surface area is 139 Å². The molecule has 1 heterocycles. The van der Waals surface area contributed by atoms with Gasteiger partial charge in [-0.3, -0.25) is 29.0 Å². The molecule has 0 aromatic heterocycles. The molecule has 0 unspecified atom stereocenters. The molecule has 2 amide bonds. The Kier molecular flexibility index (Phi) is 6.20. The Morgan fingerprint density at radius 1 is 0.957 bits per heavy atom. The molecule has 0 aromatic rings. The number of hydrogen-bond acceptors (Lipinski definition) is 5. The van der Waals surface area contributed by atoms with Gasteiger partial charge in [-0.15, -0.1) is 0 Å². The van der Waals surface area contributed by atoms with Gasteiger partial charge in [0.1, 0.15) is 5.41 Å². The van der Waals surface area contributed by atoms with Crippen molar-refractivity contribution in [3.8, 4) is 0 Å². The number of carboxylic acids is 2. The summed E-state index contributed by atoms with van der Waals surface area (Å²) in [4.78, 5) is 49.2. The molecule has 2 N–H and O–H groups in total. The lowest BCUT2D eigenvalue weighted by atomic mass is 9.78. The Bertz CT molecular complexity index is 501. The van der Waals surface area contributed by atoms with Crippen molar-refractivity contribution < 1.29 is 29.4 Å². The Morgan fingerprint density at radius 3 is 1.57 bits per heavy atom. The summed E-state index contributed by atoms with van der Waals surface area (Å²) in [5, 5.41) is 17.5. The lowest BCUT2D eigenvalue weighted by Crippen LogP contribution is -2.65. The van der Waals surface area contributed by atoms with Crippen molar-refractivity contribution in [3.63, 3.8) is 0 Å². The molecule has 0 spiro atoms. The zero-order valence-electron chi connectivity index (χ0n) is 13.1. The summed E-state index contributed by atoms with van der Waals surface area (Å²) in [6.07, 6.45) is -0.152. The van der Waals surface area contributed by atoms with Crippen LogP contribution in [0.25, 0.3) is 0 Å². The first-order chi connectivity index (χ1) is 10.7. The van der Waals surface area contributed by atoms with E-state index in [0.717, 1.165) is 9.80 Å². The first kappa shape index (κ1) is 19.0. The van der Waals surface area contributed by atoms with Crippen LogP contribution in [0.2, 0.25) is 0 Å². The maximum atomic E-state index is 12.7. The van der Waals surface area contributed by atoms with Crippen molar-refractivity contribution in [3.05, 3.63) is 0 Å². The SMILES string of the molecule is CCC1(CC)C(=O)N(CCC(=O)O)C(=S)N(CCC(=O)O)C1=O. The predicted octanol–water partition coefficient (Wildman–Crippen LogP) is 0.698. The highest BCUT2D eigenvalue weighted by molar-refractivity contribution is 7.80. The Hall–Kier alpha value is -2.03. The van der Waals surface area contributed by atoms with Crippen LogP contribution >= 0.6 is 12.2 Å². The van der Waals surface area contributed by atoms with Crippen molar-refractivity contribution in [2.45, 2.75) is 39.5 Å². The fraction of sp³-hybridized carbons (Fsp3) is 0.643. The molecule has 128 valence electrons. The topological polar surface area (TPSA) is 115 Å². The number of nitrogens with zero attached hydrogens (tertiary/aromatic N) is 2. The number of amides is 2. The lowest BCUT2D eigenvalue weighted by Gasteiger charge is -2.45. The van der Waals surface area contributed by atoms with E-state index in [0.29, 0.717) is 0 Å². The molecule has 1 rings (SSSR count). The van der Waals surface area contributed by atoms with Crippen LogP contribution in [0.5, 0.6) is 0 Å². The minimum atomic E-state index is -1.32. The second-order valence-electron chi connectivity index (χ2n) is 5.27. The van der Waals surface area contributed by atoms with Gasteiger partial charge < -0.3 is 10.2 Å². The molecular formula is C14H20N2O6S. The van der Waals surface area contributed by atoms with Crippen molar-refractivity contribution in [2.24, 2.45) is 5.41 Å². The normalized spacial score (nSPS) is 17.6. The number of carbonyl (C=O) groups excluding carboxylic acids is 2. The molecule has 0 aromatic carbocycles. The third kappa shape index (κ3) is 3.66. The number of carboxylic acid groups (broad SMARTS) is 2. The summed E-state index contributed by atoms with van der Waals surface area (Å²) in [5.41, 5.74) is -1.32. The van der Waals surface area contributed by atoms with Crippen molar-refractivity contribution in [1.29, 1.82) is 0 Å². The van der Waals surface area contributed by atoms with Crippen molar-refractivity contribution in [2.75, 3.05) is 13.1 Å². The largest absolute Gasteiger partial charge is 0.481 e. The molecule has 0 aliphatic carbocycles. The minimum absolute atomic E-state index is 0.125. The first-order valence-electron chi connectivity index (χ1n) is 7.32. The van der Waals surface area contributed by atoms with E-state index in [1.54, 1.807) is 13.8 Å². The van der Waals surface area contributed by atoms with Gasteiger partial charge in [-0.05, 0) is 25.1 Å². The van der Waals surface area contributed by atoms with Gasteiger partial charge in [0.2, 0.25) is 11.8 Å². The maximum absolute atomic E-state index is 12.7. The molecule has 0 radical (unpaired) electrons. The maximum Gasteiger partial charge on any atom is 0.305 e. The second-order valence-corrected chi connectivity index (χ2v) is 5.64. The summed E-state index contributed by atoms with van der Waals surface area (Å²) in [5.74, 6) is -3.20. The van der Waals surface area contributed by atoms with Crippen LogP contribution in [-0.2, 0) is 19.2 Å². The highest BCUT2D eigenvalue weighted by atomic mass is 32.1. The molecule has 8 nitrogen and oxygen atoms in total. The predicted molar refractivity (Wildman–Crippen MR) is 83.5 cm³/mol. The number of hydrogen-bond donors (Lipinski definition) is 2. The summed E-state index contributed by atoms with van der Waals surface area (Å²) in [7, 11) is 0. The zero-order valence-corrected chi connectivity index (χ0v) is 13.9. The van der Waals surface area contributed by atoms with E-state index in [2.05, 4.69) is 0 Å². The van der Waals surface area contributed by atoms with Gasteiger partial charge in [0, 0.05) is 13.1 Å². The van der Waals surface area contributed by atoms with Crippen LogP contribution in [0.3, 0.4) is 0 Å². The van der Waals surface area contributed by atoms with Crippen LogP contribution in [0.1, 0.15) is 39.5 Å². The van der Waals surface area contributed by atoms with Crippen molar-refractivity contribution >= 4 is 41.1 Å².